The van der Waals surface area contributed by atoms with Crippen LogP contribution in [0, 0.1) is 11.6 Å². The molecular weight excluding hydrogens is 288 g/mol. The van der Waals surface area contributed by atoms with Crippen LogP contribution in [-0.2, 0) is 6.54 Å². The predicted octanol–water partition coefficient (Wildman–Crippen LogP) is 3.11. The van der Waals surface area contributed by atoms with Crippen LogP contribution in [0.25, 0.3) is 10.9 Å². The van der Waals surface area contributed by atoms with Gasteiger partial charge in [-0.1, -0.05) is 24.3 Å². The number of amides is 1. The van der Waals surface area contributed by atoms with Gasteiger partial charge in [0.15, 0.2) is 5.69 Å². The quantitative estimate of drug-likeness (QED) is 0.808. The maximum absolute atomic E-state index is 13.7. The van der Waals surface area contributed by atoms with Crippen LogP contribution in [0.4, 0.5) is 8.78 Å². The molecule has 1 aromatic heterocycles. The van der Waals surface area contributed by atoms with E-state index in [0.717, 1.165) is 11.6 Å². The number of halogens is 2. The standard InChI is InChI=1S/C16H13F2N3O/c1-21(9-10-6-7-11(17)8-13(10)18)16(22)15-12-4-2-3-5-14(12)19-20-15/h2-8H,9H2,1H3,(H,19,20). The van der Waals surface area contributed by atoms with Gasteiger partial charge in [-0.15, -0.1) is 0 Å². The second kappa shape index (κ2) is 5.55. The van der Waals surface area contributed by atoms with E-state index in [4.69, 9.17) is 0 Å². The van der Waals surface area contributed by atoms with Crippen LogP contribution in [0.3, 0.4) is 0 Å². The molecule has 0 aliphatic carbocycles. The number of para-hydroxylation sites is 1. The predicted molar refractivity (Wildman–Crippen MR) is 78.2 cm³/mol. The lowest BCUT2D eigenvalue weighted by Gasteiger charge is -2.16. The van der Waals surface area contributed by atoms with Crippen molar-refractivity contribution >= 4 is 16.8 Å². The van der Waals surface area contributed by atoms with E-state index >= 15 is 0 Å². The molecular formula is C16H13F2N3O. The summed E-state index contributed by atoms with van der Waals surface area (Å²) in [6, 6.07) is 10.6. The molecule has 22 heavy (non-hydrogen) atoms. The Hall–Kier alpha value is -2.76. The molecule has 0 unspecified atom stereocenters. The highest BCUT2D eigenvalue weighted by atomic mass is 19.1. The monoisotopic (exact) mass is 301 g/mol. The molecule has 4 nitrogen and oxygen atoms in total. The smallest absolute Gasteiger partial charge is 0.275 e. The zero-order chi connectivity index (χ0) is 15.7. The van der Waals surface area contributed by atoms with Crippen LogP contribution < -0.4 is 0 Å². The van der Waals surface area contributed by atoms with Gasteiger partial charge in [-0.25, -0.2) is 8.78 Å². The second-order valence-electron chi connectivity index (χ2n) is 5.01. The molecule has 0 radical (unpaired) electrons. The average molecular weight is 301 g/mol. The summed E-state index contributed by atoms with van der Waals surface area (Å²) < 4.78 is 26.6. The number of carbonyl (C=O) groups excluding carboxylic acids is 1. The van der Waals surface area contributed by atoms with Crippen molar-refractivity contribution in [1.82, 2.24) is 15.1 Å². The van der Waals surface area contributed by atoms with E-state index in [1.165, 1.54) is 17.0 Å². The van der Waals surface area contributed by atoms with Crippen molar-refractivity contribution in [3.63, 3.8) is 0 Å². The molecule has 2 aromatic carbocycles. The van der Waals surface area contributed by atoms with Crippen molar-refractivity contribution < 1.29 is 13.6 Å². The largest absolute Gasteiger partial charge is 0.336 e. The number of nitrogens with one attached hydrogen (secondary N) is 1. The molecule has 0 saturated carbocycles. The van der Waals surface area contributed by atoms with Gasteiger partial charge in [-0.3, -0.25) is 9.89 Å². The second-order valence-corrected chi connectivity index (χ2v) is 5.01. The molecule has 1 N–H and O–H groups in total. The molecule has 0 aliphatic rings. The van der Waals surface area contributed by atoms with E-state index < -0.39 is 11.6 Å². The van der Waals surface area contributed by atoms with Gasteiger partial charge < -0.3 is 4.90 Å². The molecule has 0 spiro atoms. The lowest BCUT2D eigenvalue weighted by molar-refractivity contribution is 0.0780. The molecule has 3 aromatic rings. The molecule has 1 amide bonds. The molecule has 0 aliphatic heterocycles. The van der Waals surface area contributed by atoms with Crippen molar-refractivity contribution in [2.75, 3.05) is 7.05 Å². The van der Waals surface area contributed by atoms with Gasteiger partial charge in [-0.05, 0) is 12.1 Å². The molecule has 6 heteroatoms. The summed E-state index contributed by atoms with van der Waals surface area (Å²) in [6.07, 6.45) is 0. The van der Waals surface area contributed by atoms with Crippen LogP contribution in [0.1, 0.15) is 16.1 Å². The fraction of sp³-hybridized carbons (Fsp3) is 0.125. The molecule has 1 heterocycles. The van der Waals surface area contributed by atoms with Crippen LogP contribution in [-0.4, -0.2) is 28.1 Å². The topological polar surface area (TPSA) is 49.0 Å². The Morgan fingerprint density at radius 2 is 2.00 bits per heavy atom. The number of benzene rings is 2. The van der Waals surface area contributed by atoms with Crippen LogP contribution >= 0.6 is 0 Å². The summed E-state index contributed by atoms with van der Waals surface area (Å²) in [5, 5.41) is 7.52. The van der Waals surface area contributed by atoms with Gasteiger partial charge in [0, 0.05) is 30.6 Å². The van der Waals surface area contributed by atoms with E-state index in [-0.39, 0.29) is 23.7 Å². The number of fused-ring (bicyclic) bond motifs is 1. The Labute approximate surface area is 125 Å². The fourth-order valence-corrected chi connectivity index (χ4v) is 2.28. The van der Waals surface area contributed by atoms with Crippen LogP contribution in [0.15, 0.2) is 42.5 Å². The Balaban J connectivity index is 1.85. The molecule has 3 rings (SSSR count). The number of aromatic nitrogens is 2. The number of aromatic amines is 1. The van der Waals surface area contributed by atoms with Gasteiger partial charge >= 0.3 is 0 Å². The number of nitrogens with zero attached hydrogens (tertiary/aromatic N) is 2. The third-order valence-corrected chi connectivity index (χ3v) is 3.44. The molecule has 0 atom stereocenters. The highest BCUT2D eigenvalue weighted by Gasteiger charge is 2.19. The molecule has 0 bridgehead atoms. The summed E-state index contributed by atoms with van der Waals surface area (Å²) in [5.74, 6) is -1.65. The van der Waals surface area contributed by atoms with Crippen LogP contribution in [0.2, 0.25) is 0 Å². The summed E-state index contributed by atoms with van der Waals surface area (Å²) in [5.41, 5.74) is 1.28. The maximum atomic E-state index is 13.7. The van der Waals surface area contributed by atoms with Gasteiger partial charge in [0.2, 0.25) is 0 Å². The fourth-order valence-electron chi connectivity index (χ4n) is 2.28. The summed E-state index contributed by atoms with van der Waals surface area (Å²) >= 11 is 0. The average Bonchev–Trinajstić information content (AvgIpc) is 2.93. The van der Waals surface area contributed by atoms with E-state index in [9.17, 15) is 13.6 Å². The van der Waals surface area contributed by atoms with E-state index in [1.54, 1.807) is 13.1 Å². The van der Waals surface area contributed by atoms with Crippen molar-refractivity contribution in [3.8, 4) is 0 Å². The molecule has 0 fully saturated rings. The van der Waals surface area contributed by atoms with E-state index in [2.05, 4.69) is 10.2 Å². The number of H-pyrrole nitrogens is 1. The minimum atomic E-state index is -0.675. The summed E-state index contributed by atoms with van der Waals surface area (Å²) in [4.78, 5) is 13.8. The lowest BCUT2D eigenvalue weighted by Crippen LogP contribution is -2.27. The third-order valence-electron chi connectivity index (χ3n) is 3.44. The first-order valence-corrected chi connectivity index (χ1v) is 6.69. The molecule has 0 saturated heterocycles. The Kier molecular flexibility index (Phi) is 3.58. The van der Waals surface area contributed by atoms with Crippen molar-refractivity contribution in [3.05, 3.63) is 65.4 Å². The first-order chi connectivity index (χ1) is 10.6. The minimum Gasteiger partial charge on any atom is -0.336 e. The Morgan fingerprint density at radius 1 is 1.23 bits per heavy atom. The summed E-state index contributed by atoms with van der Waals surface area (Å²) in [7, 11) is 1.55. The number of carbonyl (C=O) groups is 1. The van der Waals surface area contributed by atoms with Gasteiger partial charge in [-0.2, -0.15) is 5.10 Å². The van der Waals surface area contributed by atoms with Gasteiger partial charge in [0.1, 0.15) is 11.6 Å². The minimum absolute atomic E-state index is 0.0339. The summed E-state index contributed by atoms with van der Waals surface area (Å²) in [6.45, 7) is 0.0339. The Bertz CT molecular complexity index is 844. The van der Waals surface area contributed by atoms with E-state index in [1.807, 2.05) is 18.2 Å². The highest BCUT2D eigenvalue weighted by Crippen LogP contribution is 2.18. The van der Waals surface area contributed by atoms with E-state index in [0.29, 0.717) is 5.39 Å². The first kappa shape index (κ1) is 14.2. The van der Waals surface area contributed by atoms with Gasteiger partial charge in [0.25, 0.3) is 5.91 Å². The SMILES string of the molecule is CN(Cc1ccc(F)cc1F)C(=O)c1n[nH]c2ccccc12. The zero-order valence-corrected chi connectivity index (χ0v) is 11.8. The number of hydrogen-bond donors (Lipinski definition) is 1. The van der Waals surface area contributed by atoms with Crippen molar-refractivity contribution in [2.45, 2.75) is 6.54 Å². The number of rotatable bonds is 3. The maximum Gasteiger partial charge on any atom is 0.275 e. The third kappa shape index (κ3) is 2.55. The lowest BCUT2D eigenvalue weighted by atomic mass is 10.1. The molecule has 112 valence electrons. The van der Waals surface area contributed by atoms with Gasteiger partial charge in [0.05, 0.1) is 5.52 Å². The van der Waals surface area contributed by atoms with Crippen LogP contribution in [0.5, 0.6) is 0 Å². The zero-order valence-electron chi connectivity index (χ0n) is 11.8. The van der Waals surface area contributed by atoms with Crippen molar-refractivity contribution in [2.24, 2.45) is 0 Å². The van der Waals surface area contributed by atoms with Crippen molar-refractivity contribution in [1.29, 1.82) is 0 Å². The highest BCUT2D eigenvalue weighted by molar-refractivity contribution is 6.04. The Morgan fingerprint density at radius 3 is 2.77 bits per heavy atom. The first-order valence-electron chi connectivity index (χ1n) is 6.69. The normalized spacial score (nSPS) is 10.9. The number of hydrogen-bond acceptors (Lipinski definition) is 2.